The van der Waals surface area contributed by atoms with Crippen molar-refractivity contribution in [1.29, 1.82) is 0 Å². The molecule has 2 rings (SSSR count). The summed E-state index contributed by atoms with van der Waals surface area (Å²) < 4.78 is 38.1. The van der Waals surface area contributed by atoms with Gasteiger partial charge in [0.15, 0.2) is 0 Å². The van der Waals surface area contributed by atoms with Gasteiger partial charge in [-0.2, -0.15) is 13.2 Å². The number of phenols is 1. The van der Waals surface area contributed by atoms with E-state index in [1.807, 2.05) is 0 Å². The molecular weight excluding hydrogens is 231 g/mol. The number of aromatic hydroxyl groups is 1. The van der Waals surface area contributed by atoms with Gasteiger partial charge >= 0.3 is 6.18 Å². The number of alkyl halides is 3. The fraction of sp³-hybridized carbons (Fsp3) is 0.500. The monoisotopic (exact) mass is 245 g/mol. The summed E-state index contributed by atoms with van der Waals surface area (Å²) in [5.41, 5.74) is -0.577. The molecular formula is C12H14F3NO. The second-order valence-corrected chi connectivity index (χ2v) is 4.35. The normalized spacial score (nSPS) is 16.9. The first-order valence-corrected chi connectivity index (χ1v) is 5.59. The van der Waals surface area contributed by atoms with Crippen LogP contribution in [0.5, 0.6) is 5.75 Å². The van der Waals surface area contributed by atoms with Crippen LogP contribution in [0.1, 0.15) is 30.4 Å². The fourth-order valence-corrected chi connectivity index (χ4v) is 1.85. The number of benzene rings is 1. The van der Waals surface area contributed by atoms with Crippen molar-refractivity contribution in [2.24, 2.45) is 0 Å². The van der Waals surface area contributed by atoms with Gasteiger partial charge in [0.1, 0.15) is 5.75 Å². The number of hydrogen-bond acceptors (Lipinski definition) is 2. The first-order chi connectivity index (χ1) is 7.97. The van der Waals surface area contributed by atoms with Gasteiger partial charge in [-0.15, -0.1) is 0 Å². The average molecular weight is 245 g/mol. The van der Waals surface area contributed by atoms with Crippen LogP contribution in [-0.4, -0.2) is 11.1 Å². The van der Waals surface area contributed by atoms with Gasteiger partial charge in [-0.1, -0.05) is 12.5 Å². The van der Waals surface area contributed by atoms with E-state index >= 15 is 0 Å². The van der Waals surface area contributed by atoms with E-state index in [0.717, 1.165) is 25.3 Å². The maximum atomic E-state index is 12.7. The third-order valence-electron chi connectivity index (χ3n) is 3.09. The Bertz CT molecular complexity index is 399. The molecule has 0 bridgehead atoms. The molecule has 0 saturated heterocycles. The maximum Gasteiger partial charge on any atom is 0.416 e. The van der Waals surface area contributed by atoms with Crippen molar-refractivity contribution in [2.45, 2.75) is 38.0 Å². The van der Waals surface area contributed by atoms with Crippen LogP contribution < -0.4 is 5.32 Å². The molecule has 17 heavy (non-hydrogen) atoms. The Balaban J connectivity index is 2.13. The molecule has 2 nitrogen and oxygen atoms in total. The van der Waals surface area contributed by atoms with Crippen LogP contribution in [0, 0.1) is 0 Å². The highest BCUT2D eigenvalue weighted by molar-refractivity contribution is 5.36. The molecule has 0 aliphatic heterocycles. The summed E-state index contributed by atoms with van der Waals surface area (Å²) in [6, 6.07) is 3.72. The zero-order chi connectivity index (χ0) is 12.5. The summed E-state index contributed by atoms with van der Waals surface area (Å²) in [5.74, 6) is -0.357. The first-order valence-electron chi connectivity index (χ1n) is 5.59. The Labute approximate surface area is 97.5 Å². The van der Waals surface area contributed by atoms with Gasteiger partial charge in [0.2, 0.25) is 0 Å². The SMILES string of the molecule is Oc1ccc(CNC2CCC2)c(C(F)(F)F)c1. The molecule has 1 fully saturated rings. The number of hydrogen-bond donors (Lipinski definition) is 2. The zero-order valence-corrected chi connectivity index (χ0v) is 9.22. The Kier molecular flexibility index (Phi) is 3.28. The first kappa shape index (κ1) is 12.2. The largest absolute Gasteiger partial charge is 0.508 e. The van der Waals surface area contributed by atoms with Gasteiger partial charge in [0.05, 0.1) is 5.56 Å². The van der Waals surface area contributed by atoms with Gasteiger partial charge < -0.3 is 10.4 Å². The Hall–Kier alpha value is -1.23. The Morgan fingerprint density at radius 3 is 2.53 bits per heavy atom. The zero-order valence-electron chi connectivity index (χ0n) is 9.22. The number of rotatable bonds is 3. The number of halogens is 3. The van der Waals surface area contributed by atoms with Crippen LogP contribution in [0.15, 0.2) is 18.2 Å². The van der Waals surface area contributed by atoms with E-state index in [1.165, 1.54) is 12.1 Å². The van der Waals surface area contributed by atoms with Gasteiger partial charge in [-0.05, 0) is 30.5 Å². The van der Waals surface area contributed by atoms with Gasteiger partial charge in [-0.3, -0.25) is 0 Å². The molecule has 1 aromatic rings. The van der Waals surface area contributed by atoms with Gasteiger partial charge in [0, 0.05) is 12.6 Å². The van der Waals surface area contributed by atoms with E-state index in [0.29, 0.717) is 6.04 Å². The van der Waals surface area contributed by atoms with E-state index in [-0.39, 0.29) is 17.9 Å². The molecule has 1 aromatic carbocycles. The highest BCUT2D eigenvalue weighted by atomic mass is 19.4. The molecule has 1 aliphatic carbocycles. The van der Waals surface area contributed by atoms with E-state index < -0.39 is 11.7 Å². The van der Waals surface area contributed by atoms with Crippen molar-refractivity contribution in [3.8, 4) is 5.75 Å². The summed E-state index contributed by atoms with van der Waals surface area (Å²) in [5, 5.41) is 12.2. The summed E-state index contributed by atoms with van der Waals surface area (Å²) >= 11 is 0. The minimum absolute atomic E-state index is 0.183. The van der Waals surface area contributed by atoms with E-state index in [9.17, 15) is 13.2 Å². The summed E-state index contributed by atoms with van der Waals surface area (Å²) in [7, 11) is 0. The van der Waals surface area contributed by atoms with Crippen molar-refractivity contribution in [1.82, 2.24) is 5.32 Å². The lowest BCUT2D eigenvalue weighted by atomic mass is 9.93. The van der Waals surface area contributed by atoms with Crippen molar-refractivity contribution in [2.75, 3.05) is 0 Å². The molecule has 0 spiro atoms. The molecule has 0 heterocycles. The van der Waals surface area contributed by atoms with Crippen LogP contribution in [0.4, 0.5) is 13.2 Å². The van der Waals surface area contributed by atoms with Crippen LogP contribution in [-0.2, 0) is 12.7 Å². The smallest absolute Gasteiger partial charge is 0.416 e. The minimum atomic E-state index is -4.42. The van der Waals surface area contributed by atoms with Crippen LogP contribution in [0.25, 0.3) is 0 Å². The molecule has 0 atom stereocenters. The molecule has 5 heteroatoms. The quantitative estimate of drug-likeness (QED) is 0.857. The van der Waals surface area contributed by atoms with Crippen molar-refractivity contribution >= 4 is 0 Å². The van der Waals surface area contributed by atoms with Crippen LogP contribution in [0.3, 0.4) is 0 Å². The van der Waals surface area contributed by atoms with E-state index in [2.05, 4.69) is 5.32 Å². The molecule has 0 amide bonds. The third kappa shape index (κ3) is 2.91. The summed E-state index contributed by atoms with van der Waals surface area (Å²) in [4.78, 5) is 0. The molecule has 2 N–H and O–H groups in total. The fourth-order valence-electron chi connectivity index (χ4n) is 1.85. The van der Waals surface area contributed by atoms with Crippen molar-refractivity contribution < 1.29 is 18.3 Å². The predicted octanol–water partition coefficient (Wildman–Crippen LogP) is 3.05. The molecule has 94 valence electrons. The molecule has 1 aliphatic rings. The lowest BCUT2D eigenvalue weighted by Gasteiger charge is -2.27. The highest BCUT2D eigenvalue weighted by Gasteiger charge is 2.33. The minimum Gasteiger partial charge on any atom is -0.508 e. The summed E-state index contributed by atoms with van der Waals surface area (Å²) in [6.07, 6.45) is -1.23. The van der Waals surface area contributed by atoms with Crippen molar-refractivity contribution in [3.63, 3.8) is 0 Å². The topological polar surface area (TPSA) is 32.3 Å². The number of phenolic OH excluding ortho intramolecular Hbond substituents is 1. The maximum absolute atomic E-state index is 12.7. The highest BCUT2D eigenvalue weighted by Crippen LogP contribution is 2.34. The molecule has 0 aromatic heterocycles. The van der Waals surface area contributed by atoms with Gasteiger partial charge in [-0.25, -0.2) is 0 Å². The molecule has 1 saturated carbocycles. The average Bonchev–Trinajstić information content (AvgIpc) is 2.16. The van der Waals surface area contributed by atoms with Crippen LogP contribution >= 0.6 is 0 Å². The van der Waals surface area contributed by atoms with E-state index in [4.69, 9.17) is 5.11 Å². The third-order valence-corrected chi connectivity index (χ3v) is 3.09. The Morgan fingerprint density at radius 1 is 1.29 bits per heavy atom. The van der Waals surface area contributed by atoms with Crippen LogP contribution in [0.2, 0.25) is 0 Å². The second kappa shape index (κ2) is 4.56. The molecule has 0 radical (unpaired) electrons. The lowest BCUT2D eigenvalue weighted by molar-refractivity contribution is -0.138. The second-order valence-electron chi connectivity index (χ2n) is 4.35. The van der Waals surface area contributed by atoms with Crippen molar-refractivity contribution in [3.05, 3.63) is 29.3 Å². The van der Waals surface area contributed by atoms with E-state index in [1.54, 1.807) is 0 Å². The number of nitrogens with one attached hydrogen (secondary N) is 1. The summed E-state index contributed by atoms with van der Waals surface area (Å²) in [6.45, 7) is 0.194. The van der Waals surface area contributed by atoms with Gasteiger partial charge in [0.25, 0.3) is 0 Å². The predicted molar refractivity (Wildman–Crippen MR) is 57.6 cm³/mol. The lowest BCUT2D eigenvalue weighted by Crippen LogP contribution is -2.35. The standard InChI is InChI=1S/C12H14F3NO/c13-12(14,15)11-6-10(17)5-4-8(11)7-16-9-2-1-3-9/h4-6,9,16-17H,1-3,7H2. The Morgan fingerprint density at radius 2 is 2.00 bits per heavy atom. The molecule has 0 unspecified atom stereocenters.